The quantitative estimate of drug-likeness (QED) is 0.675. The summed E-state index contributed by atoms with van der Waals surface area (Å²) in [7, 11) is 0. The largest absolute Gasteiger partial charge is 0.354 e. The van der Waals surface area contributed by atoms with Crippen LogP contribution in [-0.2, 0) is 16.8 Å². The van der Waals surface area contributed by atoms with E-state index >= 15 is 0 Å². The number of carbonyl (C=O) groups excluding carboxylic acids is 1. The number of carbonyl (C=O) groups is 1. The first kappa shape index (κ1) is 20.0. The number of hydrogen-bond donors (Lipinski definition) is 2. The topological polar surface area (TPSA) is 84.0 Å². The normalized spacial score (nSPS) is 15.4. The van der Waals surface area contributed by atoms with Gasteiger partial charge in [0.05, 0.1) is 10.9 Å². The molecule has 0 unspecified atom stereocenters. The van der Waals surface area contributed by atoms with Gasteiger partial charge < -0.3 is 10.3 Å². The number of benzene rings is 2. The summed E-state index contributed by atoms with van der Waals surface area (Å²) in [4.78, 5) is 40.0. The summed E-state index contributed by atoms with van der Waals surface area (Å²) >= 11 is 0. The van der Waals surface area contributed by atoms with Gasteiger partial charge in [0.15, 0.2) is 0 Å². The number of hydrogen-bond acceptors (Lipinski definition) is 3. The third kappa shape index (κ3) is 3.53. The Morgan fingerprint density at radius 3 is 2.40 bits per heavy atom. The summed E-state index contributed by atoms with van der Waals surface area (Å²) in [6.07, 6.45) is 2.68. The molecule has 4 rings (SSSR count). The molecule has 0 radical (unpaired) electrons. The highest BCUT2D eigenvalue weighted by Gasteiger charge is 2.40. The van der Waals surface area contributed by atoms with Crippen LogP contribution in [-0.4, -0.2) is 22.0 Å². The van der Waals surface area contributed by atoms with Crippen LogP contribution < -0.4 is 16.6 Å². The first-order valence-electron chi connectivity index (χ1n) is 9.84. The molecule has 8 heteroatoms. The number of nitrogens with one attached hydrogen (secondary N) is 2. The molecule has 0 bridgehead atoms. The summed E-state index contributed by atoms with van der Waals surface area (Å²) in [5.74, 6) is -1.83. The lowest BCUT2D eigenvalue weighted by Crippen LogP contribution is -2.44. The molecule has 1 heterocycles. The van der Waals surface area contributed by atoms with Crippen molar-refractivity contribution in [1.82, 2.24) is 14.9 Å². The van der Waals surface area contributed by atoms with Crippen molar-refractivity contribution in [2.45, 2.75) is 37.6 Å². The van der Waals surface area contributed by atoms with Crippen LogP contribution >= 0.6 is 0 Å². The maximum absolute atomic E-state index is 14.4. The molecule has 3 aromatic rings. The van der Waals surface area contributed by atoms with E-state index in [0.29, 0.717) is 23.7 Å². The minimum atomic E-state index is -0.841. The number of nitrogens with zero attached hydrogens (tertiary/aromatic N) is 1. The van der Waals surface area contributed by atoms with Gasteiger partial charge >= 0.3 is 5.69 Å². The second-order valence-electron chi connectivity index (χ2n) is 7.73. The molecule has 2 N–H and O–H groups in total. The highest BCUT2D eigenvalue weighted by Crippen LogP contribution is 2.42. The summed E-state index contributed by atoms with van der Waals surface area (Å²) in [5.41, 5.74) is -1.72. The van der Waals surface area contributed by atoms with Crippen LogP contribution in [0.1, 0.15) is 31.2 Å². The minimum absolute atomic E-state index is 0.0106. The fourth-order valence-corrected chi connectivity index (χ4v) is 4.38. The number of aromatic amines is 1. The molecule has 1 aliphatic rings. The van der Waals surface area contributed by atoms with E-state index in [-0.39, 0.29) is 12.1 Å². The monoisotopic (exact) mass is 413 g/mol. The molecule has 6 nitrogen and oxygen atoms in total. The predicted octanol–water partition coefficient (Wildman–Crippen LogP) is 2.60. The van der Waals surface area contributed by atoms with E-state index in [9.17, 15) is 23.2 Å². The van der Waals surface area contributed by atoms with Crippen molar-refractivity contribution in [1.29, 1.82) is 0 Å². The van der Waals surface area contributed by atoms with E-state index in [1.165, 1.54) is 18.2 Å². The zero-order chi connectivity index (χ0) is 21.3. The van der Waals surface area contributed by atoms with Gasteiger partial charge in [-0.25, -0.2) is 13.6 Å². The molecule has 156 valence electrons. The first-order valence-corrected chi connectivity index (χ1v) is 9.84. The Labute approximate surface area is 170 Å². The molecule has 2 aromatic carbocycles. The molecule has 1 saturated carbocycles. The van der Waals surface area contributed by atoms with E-state index < -0.39 is 40.8 Å². The third-order valence-electron chi connectivity index (χ3n) is 5.87. The van der Waals surface area contributed by atoms with Crippen LogP contribution in [0, 0.1) is 11.6 Å². The summed E-state index contributed by atoms with van der Waals surface area (Å²) in [6, 6.07) is 10.3. The number of para-hydroxylation sites is 1. The van der Waals surface area contributed by atoms with Gasteiger partial charge in [-0.05, 0) is 37.1 Å². The van der Waals surface area contributed by atoms with Crippen molar-refractivity contribution in [2.75, 3.05) is 6.54 Å². The summed E-state index contributed by atoms with van der Waals surface area (Å²) in [6.45, 7) is -0.446. The highest BCUT2D eigenvalue weighted by molar-refractivity contribution is 5.78. The zero-order valence-corrected chi connectivity index (χ0v) is 16.2. The van der Waals surface area contributed by atoms with Crippen molar-refractivity contribution in [3.63, 3.8) is 0 Å². The lowest BCUT2D eigenvalue weighted by atomic mass is 9.78. The van der Waals surface area contributed by atoms with Crippen LogP contribution in [0.3, 0.4) is 0 Å². The second kappa shape index (κ2) is 7.85. The fourth-order valence-electron chi connectivity index (χ4n) is 4.38. The Morgan fingerprint density at radius 2 is 1.70 bits per heavy atom. The summed E-state index contributed by atoms with van der Waals surface area (Å²) in [5, 5.41) is 2.98. The van der Waals surface area contributed by atoms with Crippen molar-refractivity contribution in [2.24, 2.45) is 0 Å². The smallest absolute Gasteiger partial charge is 0.329 e. The minimum Gasteiger partial charge on any atom is -0.354 e. The molecule has 30 heavy (non-hydrogen) atoms. The molecular weight excluding hydrogens is 392 g/mol. The van der Waals surface area contributed by atoms with Crippen LogP contribution in [0.2, 0.25) is 0 Å². The van der Waals surface area contributed by atoms with Gasteiger partial charge in [0.2, 0.25) is 5.91 Å². The predicted molar refractivity (Wildman–Crippen MR) is 108 cm³/mol. The van der Waals surface area contributed by atoms with Gasteiger partial charge in [-0.1, -0.05) is 31.0 Å². The van der Waals surface area contributed by atoms with Gasteiger partial charge in [-0.3, -0.25) is 14.2 Å². The van der Waals surface area contributed by atoms with Crippen molar-refractivity contribution >= 4 is 16.8 Å². The molecule has 0 atom stereocenters. The number of fused-ring (bicyclic) bond motifs is 1. The van der Waals surface area contributed by atoms with E-state index in [2.05, 4.69) is 10.3 Å². The van der Waals surface area contributed by atoms with Crippen LogP contribution in [0.25, 0.3) is 10.9 Å². The Hall–Kier alpha value is -3.29. The molecule has 1 aliphatic carbocycles. The fraction of sp³-hybridized carbons (Fsp3) is 0.318. The lowest BCUT2D eigenvalue weighted by Gasteiger charge is -2.30. The zero-order valence-electron chi connectivity index (χ0n) is 16.2. The number of halogens is 2. The van der Waals surface area contributed by atoms with Crippen molar-refractivity contribution in [3.05, 3.63) is 80.5 Å². The standard InChI is InChI=1S/C22H21F2N3O3/c23-15-7-5-8-16(24)19(15)22(10-3-4-11-22)13-25-18(28)12-27-20(29)14-6-1-2-9-17(14)26-21(27)30/h1-2,5-9H,3-4,10-13H2,(H,25,28)(H,26,30). The van der Waals surface area contributed by atoms with Crippen LogP contribution in [0.15, 0.2) is 52.1 Å². The third-order valence-corrected chi connectivity index (χ3v) is 5.87. The molecule has 0 aliphatic heterocycles. The Bertz CT molecular complexity index is 1210. The Balaban J connectivity index is 1.57. The van der Waals surface area contributed by atoms with Crippen molar-refractivity contribution in [3.8, 4) is 0 Å². The van der Waals surface area contributed by atoms with Gasteiger partial charge in [-0.2, -0.15) is 0 Å². The highest BCUT2D eigenvalue weighted by atomic mass is 19.1. The van der Waals surface area contributed by atoms with E-state index in [1.807, 2.05) is 0 Å². The number of amides is 1. The second-order valence-corrected chi connectivity index (χ2v) is 7.73. The molecule has 0 saturated heterocycles. The molecule has 1 aromatic heterocycles. The maximum atomic E-state index is 14.4. The summed E-state index contributed by atoms with van der Waals surface area (Å²) < 4.78 is 29.7. The van der Waals surface area contributed by atoms with Gasteiger partial charge in [0.1, 0.15) is 18.2 Å². The number of rotatable bonds is 5. The maximum Gasteiger partial charge on any atom is 0.329 e. The van der Waals surface area contributed by atoms with E-state index in [1.54, 1.807) is 24.3 Å². The van der Waals surface area contributed by atoms with Gasteiger partial charge in [0, 0.05) is 17.5 Å². The van der Waals surface area contributed by atoms with Gasteiger partial charge in [-0.15, -0.1) is 0 Å². The average Bonchev–Trinajstić information content (AvgIpc) is 3.19. The van der Waals surface area contributed by atoms with Gasteiger partial charge in [0.25, 0.3) is 5.56 Å². The number of aromatic nitrogens is 2. The van der Waals surface area contributed by atoms with E-state index in [0.717, 1.165) is 17.4 Å². The molecule has 1 fully saturated rings. The van der Waals surface area contributed by atoms with Crippen molar-refractivity contribution < 1.29 is 13.6 Å². The molecular formula is C22H21F2N3O3. The first-order chi connectivity index (χ1) is 14.4. The lowest BCUT2D eigenvalue weighted by molar-refractivity contribution is -0.122. The van der Waals surface area contributed by atoms with Crippen LogP contribution in [0.4, 0.5) is 8.78 Å². The molecule has 1 amide bonds. The van der Waals surface area contributed by atoms with E-state index in [4.69, 9.17) is 0 Å². The Morgan fingerprint density at radius 1 is 1.03 bits per heavy atom. The van der Waals surface area contributed by atoms with Crippen LogP contribution in [0.5, 0.6) is 0 Å². The number of H-pyrrole nitrogens is 1. The SMILES string of the molecule is O=C(Cn1c(=O)[nH]c2ccccc2c1=O)NCC1(c2c(F)cccc2F)CCCC1. The average molecular weight is 413 g/mol. The molecule has 0 spiro atoms. The Kier molecular flexibility index (Phi) is 5.24.